The molecule has 2 rings (SSSR count). The summed E-state index contributed by atoms with van der Waals surface area (Å²) in [6.45, 7) is 3.92. The highest BCUT2D eigenvalue weighted by atomic mass is 16.5. The molecule has 0 heterocycles. The van der Waals surface area contributed by atoms with Crippen molar-refractivity contribution in [3.8, 4) is 6.07 Å². The molecule has 0 bridgehead atoms. The van der Waals surface area contributed by atoms with Crippen LogP contribution in [-0.4, -0.2) is 18.5 Å². The molecule has 0 saturated carbocycles. The monoisotopic (exact) mass is 362 g/mol. The van der Waals surface area contributed by atoms with Gasteiger partial charge in [0.1, 0.15) is 0 Å². The summed E-state index contributed by atoms with van der Waals surface area (Å²) in [6, 6.07) is 16.4. The molecule has 0 aliphatic heterocycles. The number of carbonyl (C=O) groups is 2. The smallest absolute Gasteiger partial charge is 0.331 e. The van der Waals surface area contributed by atoms with Gasteiger partial charge in [0.15, 0.2) is 6.61 Å². The third-order valence-corrected chi connectivity index (χ3v) is 4.17. The number of anilines is 1. The normalized spacial score (nSPS) is 11.6. The second kappa shape index (κ2) is 9.93. The lowest BCUT2D eigenvalue weighted by Crippen LogP contribution is -2.20. The number of hydrogen-bond donors (Lipinski definition) is 1. The van der Waals surface area contributed by atoms with E-state index in [9.17, 15) is 9.59 Å². The summed E-state index contributed by atoms with van der Waals surface area (Å²) < 4.78 is 4.93. The van der Waals surface area contributed by atoms with Crippen molar-refractivity contribution in [1.82, 2.24) is 0 Å². The maximum atomic E-state index is 11.9. The Bertz CT molecular complexity index is 847. The average Bonchev–Trinajstić information content (AvgIpc) is 2.71. The number of ether oxygens (including phenoxy) is 1. The maximum absolute atomic E-state index is 11.9. The van der Waals surface area contributed by atoms with Crippen molar-refractivity contribution < 1.29 is 14.3 Å². The first-order chi connectivity index (χ1) is 13.0. The Labute approximate surface area is 159 Å². The molecule has 0 saturated heterocycles. The fourth-order valence-corrected chi connectivity index (χ4v) is 2.35. The highest BCUT2D eigenvalue weighted by Gasteiger charge is 2.07. The lowest BCUT2D eigenvalue weighted by atomic mass is 9.99. The Kier molecular flexibility index (Phi) is 7.33. The molecule has 2 aromatic rings. The third kappa shape index (κ3) is 6.44. The van der Waals surface area contributed by atoms with E-state index >= 15 is 0 Å². The number of nitrogens with zero attached hydrogens (tertiary/aromatic N) is 1. The van der Waals surface area contributed by atoms with E-state index < -0.39 is 11.9 Å². The van der Waals surface area contributed by atoms with Crippen LogP contribution in [0.1, 0.15) is 42.9 Å². The molecule has 0 unspecified atom stereocenters. The van der Waals surface area contributed by atoms with Gasteiger partial charge in [-0.15, -0.1) is 0 Å². The zero-order valence-electron chi connectivity index (χ0n) is 15.4. The number of benzene rings is 2. The van der Waals surface area contributed by atoms with Crippen LogP contribution in [0.2, 0.25) is 0 Å². The third-order valence-electron chi connectivity index (χ3n) is 4.17. The van der Waals surface area contributed by atoms with Gasteiger partial charge >= 0.3 is 5.97 Å². The van der Waals surface area contributed by atoms with Crippen LogP contribution < -0.4 is 5.32 Å². The molecule has 5 heteroatoms. The lowest BCUT2D eigenvalue weighted by Gasteiger charge is -2.10. The highest BCUT2D eigenvalue weighted by molar-refractivity contribution is 5.94. The van der Waals surface area contributed by atoms with Crippen molar-refractivity contribution in [3.63, 3.8) is 0 Å². The van der Waals surface area contributed by atoms with Crippen molar-refractivity contribution in [3.05, 3.63) is 71.3 Å². The molecule has 0 radical (unpaired) electrons. The van der Waals surface area contributed by atoms with E-state index in [0.717, 1.165) is 12.0 Å². The molecule has 27 heavy (non-hydrogen) atoms. The Morgan fingerprint density at radius 3 is 2.41 bits per heavy atom. The summed E-state index contributed by atoms with van der Waals surface area (Å²) in [5.41, 5.74) is 3.19. The molecule has 0 fully saturated rings. The number of nitrogens with one attached hydrogen (secondary N) is 1. The topological polar surface area (TPSA) is 79.2 Å². The van der Waals surface area contributed by atoms with Gasteiger partial charge in [-0.05, 0) is 53.8 Å². The van der Waals surface area contributed by atoms with Gasteiger partial charge in [0, 0.05) is 11.8 Å². The van der Waals surface area contributed by atoms with Gasteiger partial charge in [-0.3, -0.25) is 4.79 Å². The van der Waals surface area contributed by atoms with E-state index in [0.29, 0.717) is 17.2 Å². The van der Waals surface area contributed by atoms with Crippen LogP contribution in [-0.2, 0) is 14.3 Å². The predicted molar refractivity (Wildman–Crippen MR) is 105 cm³/mol. The number of carbonyl (C=O) groups excluding carboxylic acids is 2. The first-order valence-corrected chi connectivity index (χ1v) is 8.76. The van der Waals surface area contributed by atoms with Gasteiger partial charge in [-0.25, -0.2) is 4.79 Å². The Morgan fingerprint density at radius 1 is 1.15 bits per heavy atom. The molecular weight excluding hydrogens is 340 g/mol. The first kappa shape index (κ1) is 19.9. The molecular formula is C22H22N2O3. The fraction of sp³-hybridized carbons (Fsp3) is 0.227. The summed E-state index contributed by atoms with van der Waals surface area (Å²) in [5.74, 6) is -0.536. The number of amides is 1. The van der Waals surface area contributed by atoms with Crippen LogP contribution in [0.15, 0.2) is 54.6 Å². The summed E-state index contributed by atoms with van der Waals surface area (Å²) in [4.78, 5) is 23.6. The SMILES string of the molecule is CC[C@@H](C)c1ccc(NC(=O)COC(=O)/C=C/c2ccc(C#N)cc2)cc1. The minimum atomic E-state index is -0.610. The van der Waals surface area contributed by atoms with Crippen LogP contribution in [0.5, 0.6) is 0 Å². The largest absolute Gasteiger partial charge is 0.452 e. The van der Waals surface area contributed by atoms with Gasteiger partial charge in [-0.2, -0.15) is 5.26 Å². The van der Waals surface area contributed by atoms with E-state index in [2.05, 4.69) is 19.2 Å². The quantitative estimate of drug-likeness (QED) is 0.589. The van der Waals surface area contributed by atoms with E-state index in [-0.39, 0.29) is 6.61 Å². The molecule has 0 spiro atoms. The second-order valence-corrected chi connectivity index (χ2v) is 6.15. The molecule has 1 atom stereocenters. The van der Waals surface area contributed by atoms with Crippen molar-refractivity contribution in [2.45, 2.75) is 26.2 Å². The van der Waals surface area contributed by atoms with E-state index in [1.807, 2.05) is 30.3 Å². The summed E-state index contributed by atoms with van der Waals surface area (Å²) >= 11 is 0. The van der Waals surface area contributed by atoms with Crippen LogP contribution in [0.3, 0.4) is 0 Å². The highest BCUT2D eigenvalue weighted by Crippen LogP contribution is 2.20. The van der Waals surface area contributed by atoms with Crippen LogP contribution in [0.25, 0.3) is 6.08 Å². The molecule has 0 aromatic heterocycles. The standard InChI is InChI=1S/C22H22N2O3/c1-3-16(2)19-9-11-20(12-10-19)24-21(25)15-27-22(26)13-8-17-4-6-18(14-23)7-5-17/h4-13,16H,3,15H2,1-2H3,(H,24,25)/b13-8+/t16-/m1/s1. The number of hydrogen-bond acceptors (Lipinski definition) is 4. The van der Waals surface area contributed by atoms with Crippen molar-refractivity contribution in [2.24, 2.45) is 0 Å². The van der Waals surface area contributed by atoms with Gasteiger partial charge in [-0.1, -0.05) is 38.1 Å². The fourth-order valence-electron chi connectivity index (χ4n) is 2.35. The molecule has 1 amide bonds. The maximum Gasteiger partial charge on any atom is 0.331 e. The lowest BCUT2D eigenvalue weighted by molar-refractivity contribution is -0.142. The Morgan fingerprint density at radius 2 is 1.81 bits per heavy atom. The van der Waals surface area contributed by atoms with Crippen LogP contribution in [0, 0.1) is 11.3 Å². The molecule has 0 aliphatic rings. The number of rotatable bonds is 7. The van der Waals surface area contributed by atoms with E-state index in [1.165, 1.54) is 11.6 Å². The van der Waals surface area contributed by atoms with Gasteiger partial charge in [0.2, 0.25) is 0 Å². The average molecular weight is 362 g/mol. The minimum absolute atomic E-state index is 0.357. The number of esters is 1. The molecule has 5 nitrogen and oxygen atoms in total. The first-order valence-electron chi connectivity index (χ1n) is 8.76. The Balaban J connectivity index is 1.79. The van der Waals surface area contributed by atoms with Gasteiger partial charge in [0.25, 0.3) is 5.91 Å². The zero-order chi connectivity index (χ0) is 19.6. The minimum Gasteiger partial charge on any atom is -0.452 e. The second-order valence-electron chi connectivity index (χ2n) is 6.15. The van der Waals surface area contributed by atoms with Gasteiger partial charge in [0.05, 0.1) is 11.6 Å². The molecule has 138 valence electrons. The van der Waals surface area contributed by atoms with Crippen molar-refractivity contribution in [1.29, 1.82) is 5.26 Å². The predicted octanol–water partition coefficient (Wildman–Crippen LogP) is 4.27. The summed E-state index contributed by atoms with van der Waals surface area (Å²) in [7, 11) is 0. The van der Waals surface area contributed by atoms with Crippen molar-refractivity contribution >= 4 is 23.6 Å². The summed E-state index contributed by atoms with van der Waals surface area (Å²) in [6.07, 6.45) is 3.86. The van der Waals surface area contributed by atoms with E-state index in [4.69, 9.17) is 10.00 Å². The van der Waals surface area contributed by atoms with Crippen LogP contribution >= 0.6 is 0 Å². The zero-order valence-corrected chi connectivity index (χ0v) is 15.4. The Hall–Kier alpha value is -3.39. The van der Waals surface area contributed by atoms with E-state index in [1.54, 1.807) is 30.3 Å². The molecule has 2 aromatic carbocycles. The van der Waals surface area contributed by atoms with Crippen molar-refractivity contribution in [2.75, 3.05) is 11.9 Å². The number of nitriles is 1. The van der Waals surface area contributed by atoms with Crippen LogP contribution in [0.4, 0.5) is 5.69 Å². The molecule has 0 aliphatic carbocycles. The summed E-state index contributed by atoms with van der Waals surface area (Å²) in [5, 5.41) is 11.4. The molecule has 1 N–H and O–H groups in total. The van der Waals surface area contributed by atoms with Gasteiger partial charge < -0.3 is 10.1 Å².